The molecule has 2 aromatic heterocycles. The van der Waals surface area contributed by atoms with E-state index < -0.39 is 0 Å². The van der Waals surface area contributed by atoms with Gasteiger partial charge in [0.15, 0.2) is 11.5 Å². The molecule has 0 radical (unpaired) electrons. The van der Waals surface area contributed by atoms with Crippen LogP contribution in [0.1, 0.15) is 50.8 Å². The fraction of sp³-hybridized carbons (Fsp3) is 0.600. The van der Waals surface area contributed by atoms with Crippen LogP contribution in [0.3, 0.4) is 0 Å². The number of hydrogen-bond donors (Lipinski definition) is 1. The molecule has 0 saturated heterocycles. The first-order valence-corrected chi connectivity index (χ1v) is 7.45. The Labute approximate surface area is 114 Å². The Morgan fingerprint density at radius 1 is 1.05 bits per heavy atom. The van der Waals surface area contributed by atoms with E-state index in [1.807, 2.05) is 24.4 Å². The minimum Gasteiger partial charge on any atom is -0.307 e. The maximum Gasteiger partial charge on any atom is 0.160 e. The summed E-state index contributed by atoms with van der Waals surface area (Å²) in [5.41, 5.74) is 0.928. The van der Waals surface area contributed by atoms with Crippen LogP contribution in [-0.2, 0) is 6.54 Å². The molecule has 19 heavy (non-hydrogen) atoms. The van der Waals surface area contributed by atoms with Crippen molar-refractivity contribution >= 4 is 5.65 Å². The van der Waals surface area contributed by atoms with E-state index in [2.05, 4.69) is 19.9 Å². The number of nitrogens with one attached hydrogen (secondary N) is 1. The van der Waals surface area contributed by atoms with Crippen molar-refractivity contribution in [1.82, 2.24) is 19.9 Å². The molecule has 0 unspecified atom stereocenters. The van der Waals surface area contributed by atoms with Crippen LogP contribution in [0.25, 0.3) is 5.65 Å². The normalized spacial score (nSPS) is 18.3. The van der Waals surface area contributed by atoms with Gasteiger partial charge in [-0.25, -0.2) is 0 Å². The summed E-state index contributed by atoms with van der Waals surface area (Å²) in [7, 11) is 0. The zero-order valence-corrected chi connectivity index (χ0v) is 11.4. The number of rotatable bonds is 3. The van der Waals surface area contributed by atoms with E-state index >= 15 is 0 Å². The van der Waals surface area contributed by atoms with Gasteiger partial charge in [-0.2, -0.15) is 0 Å². The predicted molar refractivity (Wildman–Crippen MR) is 75.9 cm³/mol. The largest absolute Gasteiger partial charge is 0.307 e. The molecule has 1 saturated carbocycles. The molecular formula is C15H22N4. The average molecular weight is 258 g/mol. The number of nitrogens with zero attached hydrogens (tertiary/aromatic N) is 3. The maximum absolute atomic E-state index is 4.27. The molecular weight excluding hydrogens is 236 g/mol. The van der Waals surface area contributed by atoms with Crippen LogP contribution in [0.5, 0.6) is 0 Å². The smallest absolute Gasteiger partial charge is 0.160 e. The summed E-state index contributed by atoms with van der Waals surface area (Å²) < 4.78 is 2.07. The molecule has 0 spiro atoms. The summed E-state index contributed by atoms with van der Waals surface area (Å²) in [5, 5.41) is 12.1. The van der Waals surface area contributed by atoms with Gasteiger partial charge in [-0.1, -0.05) is 38.2 Å². The molecule has 0 atom stereocenters. The predicted octanol–water partition coefficient (Wildman–Crippen LogP) is 2.93. The zero-order chi connectivity index (χ0) is 12.9. The summed E-state index contributed by atoms with van der Waals surface area (Å²) in [6.45, 7) is 0.815. The molecule has 1 aliphatic carbocycles. The Balaban J connectivity index is 1.61. The summed E-state index contributed by atoms with van der Waals surface area (Å²) in [5.74, 6) is 1.01. The quantitative estimate of drug-likeness (QED) is 0.920. The van der Waals surface area contributed by atoms with Crippen molar-refractivity contribution in [3.63, 3.8) is 0 Å². The lowest BCUT2D eigenvalue weighted by atomic mass is 9.97. The Morgan fingerprint density at radius 3 is 2.68 bits per heavy atom. The lowest BCUT2D eigenvalue weighted by Gasteiger charge is -2.20. The first-order chi connectivity index (χ1) is 9.43. The Bertz CT molecular complexity index is 512. The van der Waals surface area contributed by atoms with Gasteiger partial charge >= 0.3 is 0 Å². The Hall–Kier alpha value is -1.42. The molecule has 2 heterocycles. The molecule has 0 aliphatic heterocycles. The van der Waals surface area contributed by atoms with Gasteiger partial charge < -0.3 is 5.32 Å². The second kappa shape index (κ2) is 6.15. The molecule has 4 nitrogen and oxygen atoms in total. The van der Waals surface area contributed by atoms with E-state index in [0.717, 1.165) is 18.0 Å². The molecule has 0 amide bonds. The van der Waals surface area contributed by atoms with E-state index in [1.54, 1.807) is 0 Å². The van der Waals surface area contributed by atoms with Crippen molar-refractivity contribution < 1.29 is 0 Å². The van der Waals surface area contributed by atoms with Gasteiger partial charge in [0.05, 0.1) is 6.54 Å². The van der Waals surface area contributed by atoms with E-state index in [-0.39, 0.29) is 0 Å². The van der Waals surface area contributed by atoms with Crippen molar-refractivity contribution in [3.8, 4) is 0 Å². The third kappa shape index (κ3) is 3.13. The lowest BCUT2D eigenvalue weighted by molar-refractivity contribution is 0.385. The van der Waals surface area contributed by atoms with Crippen molar-refractivity contribution in [2.45, 2.75) is 57.5 Å². The molecule has 0 bridgehead atoms. The van der Waals surface area contributed by atoms with Crippen LogP contribution in [0.4, 0.5) is 0 Å². The van der Waals surface area contributed by atoms with Crippen molar-refractivity contribution in [1.29, 1.82) is 0 Å². The van der Waals surface area contributed by atoms with Gasteiger partial charge in [-0.05, 0) is 25.0 Å². The number of pyridine rings is 1. The zero-order valence-electron chi connectivity index (χ0n) is 11.4. The highest BCUT2D eigenvalue weighted by Gasteiger charge is 2.12. The molecule has 3 rings (SSSR count). The fourth-order valence-corrected chi connectivity index (χ4v) is 2.91. The van der Waals surface area contributed by atoms with Crippen LogP contribution in [0.2, 0.25) is 0 Å². The molecule has 102 valence electrons. The van der Waals surface area contributed by atoms with E-state index in [4.69, 9.17) is 0 Å². The summed E-state index contributed by atoms with van der Waals surface area (Å²) >= 11 is 0. The highest BCUT2D eigenvalue weighted by molar-refractivity contribution is 5.36. The Kier molecular flexibility index (Phi) is 4.08. The van der Waals surface area contributed by atoms with Gasteiger partial charge in [0.25, 0.3) is 0 Å². The van der Waals surface area contributed by atoms with Crippen LogP contribution >= 0.6 is 0 Å². The molecule has 2 aromatic rings. The lowest BCUT2D eigenvalue weighted by Crippen LogP contribution is -2.30. The summed E-state index contributed by atoms with van der Waals surface area (Å²) in [6, 6.07) is 6.66. The van der Waals surface area contributed by atoms with Crippen LogP contribution in [0.15, 0.2) is 24.4 Å². The van der Waals surface area contributed by atoms with Gasteiger partial charge in [0.1, 0.15) is 0 Å². The third-order valence-electron chi connectivity index (χ3n) is 4.04. The van der Waals surface area contributed by atoms with Crippen molar-refractivity contribution in [2.75, 3.05) is 0 Å². The van der Waals surface area contributed by atoms with Crippen LogP contribution in [0, 0.1) is 0 Å². The van der Waals surface area contributed by atoms with Crippen molar-refractivity contribution in [2.24, 2.45) is 0 Å². The monoisotopic (exact) mass is 258 g/mol. The number of hydrogen-bond acceptors (Lipinski definition) is 3. The second-order valence-corrected chi connectivity index (χ2v) is 5.47. The third-order valence-corrected chi connectivity index (χ3v) is 4.04. The molecule has 0 aromatic carbocycles. The summed E-state index contributed by atoms with van der Waals surface area (Å²) in [6.07, 6.45) is 11.6. The van der Waals surface area contributed by atoms with Crippen LogP contribution < -0.4 is 5.32 Å². The van der Waals surface area contributed by atoms with Crippen LogP contribution in [-0.4, -0.2) is 20.6 Å². The Morgan fingerprint density at radius 2 is 1.84 bits per heavy atom. The minimum atomic E-state index is 0.649. The van der Waals surface area contributed by atoms with E-state index in [0.29, 0.717) is 6.04 Å². The standard InChI is InChI=1S/C15H22N4/c1-2-4-8-13(9-5-3-1)16-12-15-18-17-14-10-6-7-11-19(14)15/h6-7,10-11,13,16H,1-5,8-9,12H2. The van der Waals surface area contributed by atoms with E-state index in [1.165, 1.54) is 44.9 Å². The molecule has 1 aliphatic rings. The van der Waals surface area contributed by atoms with Gasteiger partial charge in [-0.3, -0.25) is 4.40 Å². The summed E-state index contributed by atoms with van der Waals surface area (Å²) in [4.78, 5) is 0. The SMILES string of the molecule is c1ccn2c(CNC3CCCCCCC3)nnc2c1. The molecule has 4 heteroatoms. The van der Waals surface area contributed by atoms with Gasteiger partial charge in [0.2, 0.25) is 0 Å². The number of aromatic nitrogens is 3. The van der Waals surface area contributed by atoms with Gasteiger partial charge in [0, 0.05) is 12.2 Å². The maximum atomic E-state index is 4.27. The molecule has 1 N–H and O–H groups in total. The topological polar surface area (TPSA) is 42.2 Å². The van der Waals surface area contributed by atoms with Crippen molar-refractivity contribution in [3.05, 3.63) is 30.2 Å². The minimum absolute atomic E-state index is 0.649. The van der Waals surface area contributed by atoms with E-state index in [9.17, 15) is 0 Å². The number of fused-ring (bicyclic) bond motifs is 1. The van der Waals surface area contributed by atoms with Gasteiger partial charge in [-0.15, -0.1) is 10.2 Å². The first kappa shape index (κ1) is 12.6. The highest BCUT2D eigenvalue weighted by atomic mass is 15.3. The fourth-order valence-electron chi connectivity index (χ4n) is 2.91. The first-order valence-electron chi connectivity index (χ1n) is 7.45. The molecule has 1 fully saturated rings. The average Bonchev–Trinajstić information content (AvgIpc) is 2.81. The highest BCUT2D eigenvalue weighted by Crippen LogP contribution is 2.17. The second-order valence-electron chi connectivity index (χ2n) is 5.47.